The molecule has 3 aromatic rings. The fraction of sp³-hybridized carbons (Fsp3) is 0.379. The second-order valence-electron chi connectivity index (χ2n) is 9.52. The molecule has 0 unspecified atom stereocenters. The van der Waals surface area contributed by atoms with Gasteiger partial charge in [0.2, 0.25) is 5.91 Å². The van der Waals surface area contributed by atoms with Crippen LogP contribution >= 0.6 is 0 Å². The normalized spacial score (nSPS) is 17.4. The lowest BCUT2D eigenvalue weighted by atomic mass is 9.95. The third kappa shape index (κ3) is 6.03. The molecule has 0 aliphatic carbocycles. The number of pyridine rings is 1. The maximum atomic E-state index is 13.4. The third-order valence-electron chi connectivity index (χ3n) is 7.08. The molecule has 1 fully saturated rings. The quantitative estimate of drug-likeness (QED) is 0.503. The number of benzene rings is 2. The smallest absolute Gasteiger partial charge is 0.231 e. The van der Waals surface area contributed by atoms with E-state index < -0.39 is 0 Å². The molecule has 0 saturated carbocycles. The van der Waals surface area contributed by atoms with Crippen molar-refractivity contribution in [3.63, 3.8) is 0 Å². The van der Waals surface area contributed by atoms with Crippen LogP contribution in [0.15, 0.2) is 60.9 Å². The minimum absolute atomic E-state index is 0.0482. The Morgan fingerprint density at radius 1 is 1.11 bits per heavy atom. The number of hydrogen-bond acceptors (Lipinski definition) is 7. The van der Waals surface area contributed by atoms with Gasteiger partial charge in [0.15, 0.2) is 0 Å². The standard InChI is InChI=1S/C29H34N4O4/c1-32(11-12-33-13-15-36-16-14-33)27-19-22(21-7-9-30-10-8-21)3-5-26(27)31-29(34)24-17-23-18-25(35-2)4-6-28(23)37-20-24/h3-10,18-19,24H,11-17,20H2,1-2H3,(H,31,34)/t24-/m0/s1. The molecule has 194 valence electrons. The lowest BCUT2D eigenvalue weighted by molar-refractivity contribution is -0.121. The van der Waals surface area contributed by atoms with E-state index in [0.717, 1.165) is 79.0 Å². The fourth-order valence-corrected chi connectivity index (χ4v) is 4.81. The number of anilines is 2. The van der Waals surface area contributed by atoms with Gasteiger partial charge in [0, 0.05) is 45.6 Å². The van der Waals surface area contributed by atoms with Gasteiger partial charge in [-0.25, -0.2) is 0 Å². The topological polar surface area (TPSA) is 76.2 Å². The summed E-state index contributed by atoms with van der Waals surface area (Å²) in [6.07, 6.45) is 4.20. The van der Waals surface area contributed by atoms with Crippen molar-refractivity contribution in [2.45, 2.75) is 6.42 Å². The van der Waals surface area contributed by atoms with Gasteiger partial charge in [0.05, 0.1) is 37.6 Å². The van der Waals surface area contributed by atoms with Crippen LogP contribution < -0.4 is 19.7 Å². The Morgan fingerprint density at radius 3 is 2.70 bits per heavy atom. The van der Waals surface area contributed by atoms with Gasteiger partial charge < -0.3 is 24.4 Å². The second kappa shape index (κ2) is 11.6. The van der Waals surface area contributed by atoms with Crippen molar-refractivity contribution in [2.75, 3.05) is 70.4 Å². The van der Waals surface area contributed by atoms with Gasteiger partial charge >= 0.3 is 0 Å². The predicted octanol–water partition coefficient (Wildman–Crippen LogP) is 3.72. The molecule has 0 bridgehead atoms. The average Bonchev–Trinajstić information content (AvgIpc) is 2.96. The van der Waals surface area contributed by atoms with Crippen molar-refractivity contribution in [1.29, 1.82) is 0 Å². The van der Waals surface area contributed by atoms with Crippen LogP contribution in [0.4, 0.5) is 11.4 Å². The summed E-state index contributed by atoms with van der Waals surface area (Å²) in [5.41, 5.74) is 4.93. The number of likely N-dealkylation sites (N-methyl/N-ethyl adjacent to an activating group) is 1. The SMILES string of the molecule is COc1ccc2c(c1)C[C@H](C(=O)Nc1ccc(-c3ccncc3)cc1N(C)CCN1CCOCC1)CO2. The zero-order valence-corrected chi connectivity index (χ0v) is 21.5. The number of amides is 1. The largest absolute Gasteiger partial charge is 0.497 e. The molecule has 1 amide bonds. The molecule has 2 aliphatic rings. The monoisotopic (exact) mass is 502 g/mol. The maximum absolute atomic E-state index is 13.4. The van der Waals surface area contributed by atoms with Crippen LogP contribution in [0, 0.1) is 5.92 Å². The van der Waals surface area contributed by atoms with Crippen LogP contribution in [0.2, 0.25) is 0 Å². The molecule has 1 N–H and O–H groups in total. The summed E-state index contributed by atoms with van der Waals surface area (Å²) < 4.78 is 16.7. The number of aromatic nitrogens is 1. The molecular weight excluding hydrogens is 468 g/mol. The van der Waals surface area contributed by atoms with Crippen molar-refractivity contribution in [3.8, 4) is 22.6 Å². The summed E-state index contributed by atoms with van der Waals surface area (Å²) in [6.45, 7) is 5.57. The fourth-order valence-electron chi connectivity index (χ4n) is 4.81. The van der Waals surface area contributed by atoms with E-state index in [1.54, 1.807) is 19.5 Å². The van der Waals surface area contributed by atoms with Crippen LogP contribution in [0.3, 0.4) is 0 Å². The van der Waals surface area contributed by atoms with E-state index in [0.29, 0.717) is 13.0 Å². The molecule has 3 heterocycles. The highest BCUT2D eigenvalue weighted by atomic mass is 16.5. The summed E-state index contributed by atoms with van der Waals surface area (Å²) in [7, 11) is 3.72. The molecule has 8 heteroatoms. The van der Waals surface area contributed by atoms with E-state index in [4.69, 9.17) is 14.2 Å². The van der Waals surface area contributed by atoms with Gasteiger partial charge in [-0.1, -0.05) is 6.07 Å². The average molecular weight is 503 g/mol. The lowest BCUT2D eigenvalue weighted by Crippen LogP contribution is -2.41. The van der Waals surface area contributed by atoms with Gasteiger partial charge in [-0.05, 0) is 65.6 Å². The summed E-state index contributed by atoms with van der Waals surface area (Å²) in [4.78, 5) is 22.2. The number of nitrogens with zero attached hydrogens (tertiary/aromatic N) is 3. The number of fused-ring (bicyclic) bond motifs is 1. The first-order valence-electron chi connectivity index (χ1n) is 12.8. The van der Waals surface area contributed by atoms with Crippen LogP contribution in [0.1, 0.15) is 5.56 Å². The Balaban J connectivity index is 1.34. The Labute approximate surface area is 218 Å². The van der Waals surface area contributed by atoms with Crippen molar-refractivity contribution in [2.24, 2.45) is 5.92 Å². The first kappa shape index (κ1) is 25.0. The Bertz CT molecular complexity index is 1210. The van der Waals surface area contributed by atoms with Gasteiger partial charge in [-0.15, -0.1) is 0 Å². The maximum Gasteiger partial charge on any atom is 0.231 e. The lowest BCUT2D eigenvalue weighted by Gasteiger charge is -2.30. The summed E-state index contributed by atoms with van der Waals surface area (Å²) in [6, 6.07) is 15.9. The van der Waals surface area contributed by atoms with Crippen LogP contribution in [-0.2, 0) is 16.0 Å². The number of methoxy groups -OCH3 is 1. The van der Waals surface area contributed by atoms with Gasteiger partial charge in [-0.3, -0.25) is 14.7 Å². The van der Waals surface area contributed by atoms with Gasteiger partial charge in [0.25, 0.3) is 0 Å². The van der Waals surface area contributed by atoms with E-state index >= 15 is 0 Å². The first-order valence-corrected chi connectivity index (χ1v) is 12.8. The second-order valence-corrected chi connectivity index (χ2v) is 9.52. The number of rotatable bonds is 8. The van der Waals surface area contributed by atoms with Crippen molar-refractivity contribution in [1.82, 2.24) is 9.88 Å². The zero-order chi connectivity index (χ0) is 25.6. The predicted molar refractivity (Wildman–Crippen MR) is 145 cm³/mol. The number of carbonyl (C=O) groups is 1. The van der Waals surface area contributed by atoms with Crippen molar-refractivity contribution in [3.05, 3.63) is 66.5 Å². The minimum atomic E-state index is -0.286. The number of ether oxygens (including phenoxy) is 3. The number of nitrogens with one attached hydrogen (secondary N) is 1. The van der Waals surface area contributed by atoms with Crippen molar-refractivity contribution >= 4 is 17.3 Å². The number of carbonyl (C=O) groups excluding carboxylic acids is 1. The van der Waals surface area contributed by atoms with E-state index in [9.17, 15) is 4.79 Å². The third-order valence-corrected chi connectivity index (χ3v) is 7.08. The van der Waals surface area contributed by atoms with Crippen LogP contribution in [-0.4, -0.2) is 75.9 Å². The van der Waals surface area contributed by atoms with E-state index in [2.05, 4.69) is 33.2 Å². The molecule has 0 spiro atoms. The van der Waals surface area contributed by atoms with Crippen LogP contribution in [0.25, 0.3) is 11.1 Å². The van der Waals surface area contributed by atoms with E-state index in [-0.39, 0.29) is 11.8 Å². The molecule has 1 saturated heterocycles. The van der Waals surface area contributed by atoms with Crippen LogP contribution in [0.5, 0.6) is 11.5 Å². The molecule has 0 radical (unpaired) electrons. The van der Waals surface area contributed by atoms with Gasteiger partial charge in [0.1, 0.15) is 18.1 Å². The molecule has 5 rings (SSSR count). The highest BCUT2D eigenvalue weighted by Crippen LogP contribution is 2.34. The molecule has 1 aromatic heterocycles. The highest BCUT2D eigenvalue weighted by molar-refractivity contribution is 5.97. The molecule has 1 atom stereocenters. The summed E-state index contributed by atoms with van der Waals surface area (Å²) >= 11 is 0. The first-order chi connectivity index (χ1) is 18.1. The number of morpholine rings is 1. The Morgan fingerprint density at radius 2 is 1.92 bits per heavy atom. The van der Waals surface area contributed by atoms with E-state index in [1.807, 2.05) is 42.5 Å². The molecule has 8 nitrogen and oxygen atoms in total. The molecular formula is C29H34N4O4. The highest BCUT2D eigenvalue weighted by Gasteiger charge is 2.27. The summed E-state index contributed by atoms with van der Waals surface area (Å²) in [5, 5.41) is 3.20. The molecule has 37 heavy (non-hydrogen) atoms. The Hall–Kier alpha value is -3.62. The Kier molecular flexibility index (Phi) is 7.87. The minimum Gasteiger partial charge on any atom is -0.497 e. The van der Waals surface area contributed by atoms with Crippen molar-refractivity contribution < 1.29 is 19.0 Å². The molecule has 2 aliphatic heterocycles. The molecule has 2 aromatic carbocycles. The number of hydrogen-bond donors (Lipinski definition) is 1. The van der Waals surface area contributed by atoms with Gasteiger partial charge in [-0.2, -0.15) is 0 Å². The summed E-state index contributed by atoms with van der Waals surface area (Å²) in [5.74, 6) is 1.24. The zero-order valence-electron chi connectivity index (χ0n) is 21.5. The van der Waals surface area contributed by atoms with E-state index in [1.165, 1.54) is 0 Å².